The van der Waals surface area contributed by atoms with E-state index < -0.39 is 0 Å². The van der Waals surface area contributed by atoms with Crippen molar-refractivity contribution < 1.29 is 9.53 Å². The summed E-state index contributed by atoms with van der Waals surface area (Å²) in [5, 5.41) is 4.16. The van der Waals surface area contributed by atoms with E-state index in [9.17, 15) is 4.79 Å². The second kappa shape index (κ2) is 6.19. The highest BCUT2D eigenvalue weighted by atomic mass is 16.5. The van der Waals surface area contributed by atoms with Crippen molar-refractivity contribution in [3.63, 3.8) is 0 Å². The summed E-state index contributed by atoms with van der Waals surface area (Å²) in [5.74, 6) is 0.678. The van der Waals surface area contributed by atoms with Crippen LogP contribution in [0.3, 0.4) is 0 Å². The third-order valence-electron chi connectivity index (χ3n) is 2.97. The largest absolute Gasteiger partial charge is 0.496 e. The van der Waals surface area contributed by atoms with E-state index in [0.717, 1.165) is 11.3 Å². The van der Waals surface area contributed by atoms with Gasteiger partial charge in [0.1, 0.15) is 5.75 Å². The lowest BCUT2D eigenvalue weighted by Gasteiger charge is -2.03. The van der Waals surface area contributed by atoms with Gasteiger partial charge in [-0.15, -0.1) is 0 Å². The van der Waals surface area contributed by atoms with Gasteiger partial charge in [-0.3, -0.25) is 9.48 Å². The van der Waals surface area contributed by atoms with Crippen LogP contribution in [0.2, 0.25) is 0 Å². The molecule has 104 valence electrons. The molecule has 0 unspecified atom stereocenters. The van der Waals surface area contributed by atoms with Crippen LogP contribution in [-0.4, -0.2) is 22.7 Å². The minimum atomic E-state index is -0.0668. The van der Waals surface area contributed by atoms with E-state index in [0.29, 0.717) is 5.56 Å². The monoisotopic (exact) mass is 270 g/mol. The summed E-state index contributed by atoms with van der Waals surface area (Å²) in [4.78, 5) is 12.1. The minimum absolute atomic E-state index is 0.0668. The third-order valence-corrected chi connectivity index (χ3v) is 2.97. The molecule has 1 aromatic heterocycles. The zero-order valence-electron chi connectivity index (χ0n) is 11.9. The fourth-order valence-electron chi connectivity index (χ4n) is 1.81. The minimum Gasteiger partial charge on any atom is -0.496 e. The van der Waals surface area contributed by atoms with Crippen LogP contribution in [0, 0.1) is 0 Å². The van der Waals surface area contributed by atoms with Crippen LogP contribution in [0.15, 0.2) is 42.7 Å². The fraction of sp³-hybridized carbons (Fsp3) is 0.250. The number of para-hydroxylation sites is 1. The predicted octanol–water partition coefficient (Wildman–Crippen LogP) is 3.37. The summed E-state index contributed by atoms with van der Waals surface area (Å²) < 4.78 is 7.01. The van der Waals surface area contributed by atoms with E-state index in [-0.39, 0.29) is 11.8 Å². The van der Waals surface area contributed by atoms with Crippen molar-refractivity contribution in [3.05, 3.63) is 53.9 Å². The van der Waals surface area contributed by atoms with Gasteiger partial charge in [0.05, 0.1) is 18.9 Å². The first-order chi connectivity index (χ1) is 9.61. The number of benzene rings is 1. The SMILES string of the molecule is COc1ccccc1/C=C\C(=O)c1cnn(C(C)C)c1. The second-order valence-corrected chi connectivity index (χ2v) is 4.74. The number of aromatic nitrogens is 2. The van der Waals surface area contributed by atoms with Crippen molar-refractivity contribution in [3.8, 4) is 5.75 Å². The summed E-state index contributed by atoms with van der Waals surface area (Å²) >= 11 is 0. The Kier molecular flexibility index (Phi) is 4.35. The van der Waals surface area contributed by atoms with Crippen molar-refractivity contribution in [1.29, 1.82) is 0 Å². The molecule has 0 saturated carbocycles. The Bertz CT molecular complexity index is 627. The topological polar surface area (TPSA) is 44.1 Å². The van der Waals surface area contributed by atoms with Crippen LogP contribution in [0.4, 0.5) is 0 Å². The fourth-order valence-corrected chi connectivity index (χ4v) is 1.81. The highest BCUT2D eigenvalue weighted by Gasteiger charge is 2.07. The average molecular weight is 270 g/mol. The highest BCUT2D eigenvalue weighted by Crippen LogP contribution is 2.19. The summed E-state index contributed by atoms with van der Waals surface area (Å²) in [5.41, 5.74) is 1.46. The summed E-state index contributed by atoms with van der Waals surface area (Å²) in [7, 11) is 1.61. The second-order valence-electron chi connectivity index (χ2n) is 4.74. The molecule has 0 radical (unpaired) electrons. The molecule has 0 aliphatic heterocycles. The molecule has 4 nitrogen and oxygen atoms in total. The molecule has 0 aliphatic carbocycles. The Hall–Kier alpha value is -2.36. The molecule has 1 aromatic carbocycles. The number of nitrogens with zero attached hydrogens (tertiary/aromatic N) is 2. The highest BCUT2D eigenvalue weighted by molar-refractivity contribution is 6.06. The number of methoxy groups -OCH3 is 1. The number of ketones is 1. The van der Waals surface area contributed by atoms with Gasteiger partial charge in [-0.2, -0.15) is 5.10 Å². The average Bonchev–Trinajstić information content (AvgIpc) is 2.95. The van der Waals surface area contributed by atoms with Gasteiger partial charge in [-0.05, 0) is 32.1 Å². The van der Waals surface area contributed by atoms with Crippen LogP contribution in [0.1, 0.15) is 35.8 Å². The molecular weight excluding hydrogens is 252 g/mol. The van der Waals surface area contributed by atoms with Gasteiger partial charge < -0.3 is 4.74 Å². The van der Waals surface area contributed by atoms with Crippen molar-refractivity contribution in [2.75, 3.05) is 7.11 Å². The van der Waals surface area contributed by atoms with Crippen molar-refractivity contribution in [1.82, 2.24) is 9.78 Å². The summed E-state index contributed by atoms with van der Waals surface area (Å²) in [6.45, 7) is 4.04. The lowest BCUT2D eigenvalue weighted by atomic mass is 10.1. The zero-order chi connectivity index (χ0) is 14.5. The van der Waals surface area contributed by atoms with Crippen LogP contribution >= 0.6 is 0 Å². The standard InChI is InChI=1S/C16H18N2O2/c1-12(2)18-11-14(10-17-18)15(19)9-8-13-6-4-5-7-16(13)20-3/h4-12H,1-3H3/b9-8-. The molecule has 0 spiro atoms. The third kappa shape index (κ3) is 3.15. The first-order valence-electron chi connectivity index (χ1n) is 6.51. The van der Waals surface area contributed by atoms with Gasteiger partial charge in [0.15, 0.2) is 5.78 Å². The molecule has 20 heavy (non-hydrogen) atoms. The number of carbonyl (C=O) groups is 1. The molecule has 0 amide bonds. The zero-order valence-corrected chi connectivity index (χ0v) is 11.9. The van der Waals surface area contributed by atoms with Crippen LogP contribution in [0.25, 0.3) is 6.08 Å². The smallest absolute Gasteiger partial charge is 0.189 e. The number of hydrogen-bond donors (Lipinski definition) is 0. The van der Waals surface area contributed by atoms with Crippen LogP contribution in [-0.2, 0) is 0 Å². The Morgan fingerprint density at radius 1 is 1.35 bits per heavy atom. The van der Waals surface area contributed by atoms with Gasteiger partial charge in [0, 0.05) is 17.8 Å². The molecule has 2 rings (SSSR count). The maximum absolute atomic E-state index is 12.1. The number of rotatable bonds is 5. The van der Waals surface area contributed by atoms with Crippen LogP contribution < -0.4 is 4.74 Å². The van der Waals surface area contributed by atoms with Crippen LogP contribution in [0.5, 0.6) is 5.75 Å². The van der Waals surface area contributed by atoms with Crippen molar-refractivity contribution in [2.24, 2.45) is 0 Å². The number of allylic oxidation sites excluding steroid dienone is 1. The first-order valence-corrected chi connectivity index (χ1v) is 6.51. The quantitative estimate of drug-likeness (QED) is 0.618. The van der Waals surface area contributed by atoms with E-state index in [4.69, 9.17) is 4.74 Å². The molecule has 2 aromatic rings. The van der Waals surface area contributed by atoms with E-state index in [1.54, 1.807) is 36.3 Å². The molecule has 0 N–H and O–H groups in total. The van der Waals surface area contributed by atoms with Crippen molar-refractivity contribution in [2.45, 2.75) is 19.9 Å². The maximum Gasteiger partial charge on any atom is 0.189 e. The van der Waals surface area contributed by atoms with E-state index in [1.165, 1.54) is 0 Å². The molecule has 0 saturated heterocycles. The number of carbonyl (C=O) groups excluding carboxylic acids is 1. The molecule has 0 atom stereocenters. The molecule has 1 heterocycles. The lowest BCUT2D eigenvalue weighted by Crippen LogP contribution is -2.00. The normalized spacial score (nSPS) is 11.2. The molecular formula is C16H18N2O2. The van der Waals surface area contributed by atoms with E-state index >= 15 is 0 Å². The van der Waals surface area contributed by atoms with Gasteiger partial charge in [0.25, 0.3) is 0 Å². The Balaban J connectivity index is 2.16. The van der Waals surface area contributed by atoms with Gasteiger partial charge in [-0.25, -0.2) is 0 Å². The summed E-state index contributed by atoms with van der Waals surface area (Å²) in [6, 6.07) is 7.81. The van der Waals surface area contributed by atoms with E-state index in [2.05, 4.69) is 5.10 Å². The Morgan fingerprint density at radius 2 is 2.10 bits per heavy atom. The number of ether oxygens (including phenoxy) is 1. The maximum atomic E-state index is 12.1. The van der Waals surface area contributed by atoms with Gasteiger partial charge in [0.2, 0.25) is 0 Å². The number of hydrogen-bond acceptors (Lipinski definition) is 3. The molecule has 4 heteroatoms. The van der Waals surface area contributed by atoms with Gasteiger partial charge >= 0.3 is 0 Å². The summed E-state index contributed by atoms with van der Waals surface area (Å²) in [6.07, 6.45) is 6.65. The van der Waals surface area contributed by atoms with Gasteiger partial charge in [-0.1, -0.05) is 18.2 Å². The lowest BCUT2D eigenvalue weighted by molar-refractivity contribution is 0.104. The van der Waals surface area contributed by atoms with Crippen molar-refractivity contribution >= 4 is 11.9 Å². The first kappa shape index (κ1) is 14.1. The molecule has 0 bridgehead atoms. The van der Waals surface area contributed by atoms with E-state index in [1.807, 2.05) is 38.1 Å². The molecule has 0 fully saturated rings. The Labute approximate surface area is 118 Å². The Morgan fingerprint density at radius 3 is 2.75 bits per heavy atom. The predicted molar refractivity (Wildman–Crippen MR) is 79.0 cm³/mol. The molecule has 0 aliphatic rings.